The molecule has 178 valence electrons. The van der Waals surface area contributed by atoms with E-state index >= 15 is 0 Å². The minimum atomic E-state index is -0.819. The normalized spacial score (nSPS) is 18.2. The molecule has 0 saturated heterocycles. The van der Waals surface area contributed by atoms with Crippen molar-refractivity contribution in [1.29, 1.82) is 0 Å². The quantitative estimate of drug-likeness (QED) is 0.524. The Hall–Kier alpha value is -3.98. The first-order valence-corrected chi connectivity index (χ1v) is 11.9. The Labute approximate surface area is 205 Å². The van der Waals surface area contributed by atoms with Gasteiger partial charge in [-0.05, 0) is 26.0 Å². The van der Waals surface area contributed by atoms with Crippen LogP contribution in [0, 0.1) is 0 Å². The molecule has 2 aromatic carbocycles. The van der Waals surface area contributed by atoms with Crippen LogP contribution in [-0.4, -0.2) is 37.2 Å². The van der Waals surface area contributed by atoms with E-state index in [-0.39, 0.29) is 22.6 Å². The van der Waals surface area contributed by atoms with E-state index in [1.165, 1.54) is 16.6 Å². The van der Waals surface area contributed by atoms with Gasteiger partial charge in [0.15, 0.2) is 4.80 Å². The van der Waals surface area contributed by atoms with Crippen LogP contribution in [0.25, 0.3) is 5.57 Å². The Bertz CT molecular complexity index is 1600. The number of rotatable bonds is 4. The van der Waals surface area contributed by atoms with Crippen molar-refractivity contribution in [2.24, 2.45) is 4.99 Å². The summed E-state index contributed by atoms with van der Waals surface area (Å²) < 4.78 is 12.7. The largest absolute Gasteiger partial charge is 0.496 e. The molecule has 0 fully saturated rings. The van der Waals surface area contributed by atoms with Gasteiger partial charge in [-0.1, -0.05) is 47.7 Å². The molecule has 9 heteroatoms. The van der Waals surface area contributed by atoms with E-state index in [4.69, 9.17) is 9.47 Å². The average molecular weight is 490 g/mol. The summed E-state index contributed by atoms with van der Waals surface area (Å²) in [5.41, 5.74) is 2.71. The standard InChI is InChI=1S/C26H23N3O5S/c1-5-34-25(32)19-14(2)27-26-29(21(19)16-11-7-9-13-18(16)33-4)24(31)22(35-26)20-15-10-6-8-12-17(15)28(3)23(20)30/h6-13,21H,5H2,1-4H3/b22-20+/t21-/m0/s1. The van der Waals surface area contributed by atoms with Crippen LogP contribution in [0.3, 0.4) is 0 Å². The molecule has 2 aliphatic rings. The summed E-state index contributed by atoms with van der Waals surface area (Å²) in [5.74, 6) is -0.287. The molecule has 1 amide bonds. The van der Waals surface area contributed by atoms with Crippen LogP contribution in [-0.2, 0) is 14.3 Å². The third kappa shape index (κ3) is 3.42. The molecule has 0 spiro atoms. The smallest absolute Gasteiger partial charge is 0.338 e. The molecule has 8 nitrogen and oxygen atoms in total. The van der Waals surface area contributed by atoms with Crippen LogP contribution in [0.15, 0.2) is 69.6 Å². The molecule has 3 aromatic rings. The topological polar surface area (TPSA) is 90.2 Å². The molecule has 2 aliphatic heterocycles. The number of benzene rings is 2. The van der Waals surface area contributed by atoms with Crippen LogP contribution in [0.4, 0.5) is 5.69 Å². The van der Waals surface area contributed by atoms with Gasteiger partial charge in [0.05, 0.1) is 36.2 Å². The summed E-state index contributed by atoms with van der Waals surface area (Å²) in [6, 6.07) is 13.8. The van der Waals surface area contributed by atoms with Gasteiger partial charge >= 0.3 is 5.97 Å². The van der Waals surface area contributed by atoms with Crippen molar-refractivity contribution in [3.63, 3.8) is 0 Å². The highest BCUT2D eigenvalue weighted by Gasteiger charge is 2.37. The zero-order chi connectivity index (χ0) is 24.9. The second-order valence-corrected chi connectivity index (χ2v) is 9.10. The van der Waals surface area contributed by atoms with Gasteiger partial charge in [0, 0.05) is 18.2 Å². The SMILES string of the molecule is CCOC(=O)C1=C(C)N=c2s/c(=C3/C(=O)N(C)c4ccccc43)c(=O)n2[C@H]1c1ccccc1OC. The number of thiazole rings is 1. The monoisotopic (exact) mass is 489 g/mol. The second kappa shape index (κ2) is 8.66. The summed E-state index contributed by atoms with van der Waals surface area (Å²) >= 11 is 1.14. The van der Waals surface area contributed by atoms with Crippen LogP contribution in [0.1, 0.15) is 31.0 Å². The lowest BCUT2D eigenvalue weighted by Gasteiger charge is -2.25. The first-order chi connectivity index (χ1) is 16.9. The zero-order valence-corrected chi connectivity index (χ0v) is 20.5. The summed E-state index contributed by atoms with van der Waals surface area (Å²) in [5, 5.41) is 0. The van der Waals surface area contributed by atoms with E-state index in [1.54, 1.807) is 27.0 Å². The third-order valence-electron chi connectivity index (χ3n) is 6.21. The van der Waals surface area contributed by atoms with Gasteiger partial charge in [0.1, 0.15) is 16.3 Å². The van der Waals surface area contributed by atoms with Gasteiger partial charge in [-0.15, -0.1) is 0 Å². The number of carbonyl (C=O) groups excluding carboxylic acids is 2. The Morgan fingerprint density at radius 1 is 1.11 bits per heavy atom. The fourth-order valence-corrected chi connectivity index (χ4v) is 5.75. The van der Waals surface area contributed by atoms with E-state index in [0.717, 1.165) is 17.0 Å². The van der Waals surface area contributed by atoms with Crippen molar-refractivity contribution in [2.45, 2.75) is 19.9 Å². The molecule has 0 unspecified atom stereocenters. The fourth-order valence-electron chi connectivity index (χ4n) is 4.62. The number of hydrogen-bond donors (Lipinski definition) is 0. The van der Waals surface area contributed by atoms with Crippen molar-refractivity contribution in [2.75, 3.05) is 25.7 Å². The third-order valence-corrected chi connectivity index (χ3v) is 7.26. The molecule has 0 bridgehead atoms. The molecule has 5 rings (SSSR count). The van der Waals surface area contributed by atoms with Crippen molar-refractivity contribution in [1.82, 2.24) is 4.57 Å². The number of carbonyl (C=O) groups is 2. The zero-order valence-electron chi connectivity index (χ0n) is 19.7. The number of hydrogen-bond acceptors (Lipinski definition) is 7. The highest BCUT2D eigenvalue weighted by Crippen LogP contribution is 2.36. The molecule has 0 N–H and O–H groups in total. The van der Waals surface area contributed by atoms with Gasteiger partial charge in [-0.3, -0.25) is 14.2 Å². The molecule has 0 radical (unpaired) electrons. The van der Waals surface area contributed by atoms with Gasteiger partial charge in [0.25, 0.3) is 11.5 Å². The van der Waals surface area contributed by atoms with Crippen LogP contribution in [0.5, 0.6) is 5.75 Å². The van der Waals surface area contributed by atoms with Crippen LogP contribution < -0.4 is 24.5 Å². The minimum absolute atomic E-state index is 0.181. The Balaban J connectivity index is 1.86. The lowest BCUT2D eigenvalue weighted by atomic mass is 9.95. The number of esters is 1. The lowest BCUT2D eigenvalue weighted by molar-refractivity contribution is -0.139. The van der Waals surface area contributed by atoms with Gasteiger partial charge in [0.2, 0.25) is 0 Å². The summed E-state index contributed by atoms with van der Waals surface area (Å²) in [4.78, 5) is 46.8. The van der Waals surface area contributed by atoms with Crippen molar-refractivity contribution in [3.8, 4) is 5.75 Å². The predicted molar refractivity (Wildman–Crippen MR) is 132 cm³/mol. The Morgan fingerprint density at radius 3 is 2.57 bits per heavy atom. The number of fused-ring (bicyclic) bond motifs is 2. The van der Waals surface area contributed by atoms with E-state index < -0.39 is 17.6 Å². The number of methoxy groups -OCH3 is 1. The Kier molecular flexibility index (Phi) is 5.64. The highest BCUT2D eigenvalue weighted by molar-refractivity contribution is 7.07. The molecule has 35 heavy (non-hydrogen) atoms. The van der Waals surface area contributed by atoms with Gasteiger partial charge < -0.3 is 14.4 Å². The summed E-state index contributed by atoms with van der Waals surface area (Å²) in [6.45, 7) is 3.63. The lowest BCUT2D eigenvalue weighted by Crippen LogP contribution is -2.41. The van der Waals surface area contributed by atoms with Crippen molar-refractivity contribution >= 4 is 34.5 Å². The number of ether oxygens (including phenoxy) is 2. The van der Waals surface area contributed by atoms with Crippen molar-refractivity contribution < 1.29 is 19.1 Å². The number of anilines is 1. The molecule has 3 heterocycles. The van der Waals surface area contributed by atoms with Crippen LogP contribution >= 0.6 is 11.3 Å². The maximum atomic E-state index is 14.0. The molecule has 0 aliphatic carbocycles. The molecule has 0 saturated carbocycles. The number of para-hydroxylation sites is 2. The van der Waals surface area contributed by atoms with E-state index in [2.05, 4.69) is 4.99 Å². The maximum Gasteiger partial charge on any atom is 0.338 e. The van der Waals surface area contributed by atoms with E-state index in [0.29, 0.717) is 32.9 Å². The summed E-state index contributed by atoms with van der Waals surface area (Å²) in [7, 11) is 3.22. The first-order valence-electron chi connectivity index (χ1n) is 11.1. The number of amides is 1. The molecular weight excluding hydrogens is 466 g/mol. The minimum Gasteiger partial charge on any atom is -0.496 e. The predicted octanol–water partition coefficient (Wildman–Crippen LogP) is 2.15. The number of aromatic nitrogens is 1. The molecule has 1 atom stereocenters. The van der Waals surface area contributed by atoms with Crippen LogP contribution in [0.2, 0.25) is 0 Å². The van der Waals surface area contributed by atoms with Gasteiger partial charge in [-0.25, -0.2) is 9.79 Å². The van der Waals surface area contributed by atoms with E-state index in [1.807, 2.05) is 42.5 Å². The van der Waals surface area contributed by atoms with E-state index in [9.17, 15) is 14.4 Å². The number of allylic oxidation sites excluding steroid dienone is 1. The molecule has 1 aromatic heterocycles. The fraction of sp³-hybridized carbons (Fsp3) is 0.231. The highest BCUT2D eigenvalue weighted by atomic mass is 32.1. The summed E-state index contributed by atoms with van der Waals surface area (Å²) in [6.07, 6.45) is 0. The number of likely N-dealkylation sites (N-methyl/N-ethyl adjacent to an activating group) is 1. The first kappa shape index (κ1) is 22.8. The molecular formula is C26H23N3O5S. The average Bonchev–Trinajstić information content (AvgIpc) is 3.31. The number of nitrogens with zero attached hydrogens (tertiary/aromatic N) is 3. The Morgan fingerprint density at radius 2 is 1.83 bits per heavy atom. The maximum absolute atomic E-state index is 14.0. The van der Waals surface area contributed by atoms with Gasteiger partial charge in [-0.2, -0.15) is 0 Å². The van der Waals surface area contributed by atoms with Crippen molar-refractivity contribution in [3.05, 3.63) is 90.6 Å². The second-order valence-electron chi connectivity index (χ2n) is 8.12.